The molecule has 0 fully saturated rings. The Hall–Kier alpha value is -3.09. The van der Waals surface area contributed by atoms with Crippen molar-refractivity contribution in [2.75, 3.05) is 18.4 Å². The van der Waals surface area contributed by atoms with Gasteiger partial charge in [-0.3, -0.25) is 19.4 Å². The summed E-state index contributed by atoms with van der Waals surface area (Å²) in [7, 11) is 0. The molecule has 0 bridgehead atoms. The average molecular weight is 468 g/mol. The zero-order valence-corrected chi connectivity index (χ0v) is 20.5. The summed E-state index contributed by atoms with van der Waals surface area (Å²) in [5, 5.41) is 2.74. The van der Waals surface area contributed by atoms with E-state index in [0.29, 0.717) is 37.3 Å². The first kappa shape index (κ1) is 25.5. The van der Waals surface area contributed by atoms with Crippen LogP contribution in [0.15, 0.2) is 46.5 Å². The number of nitrogens with one attached hydrogen (secondary N) is 1. The number of anilines is 1. The van der Waals surface area contributed by atoms with Crippen LogP contribution in [0.25, 0.3) is 0 Å². The first-order chi connectivity index (χ1) is 16.3. The molecule has 0 spiro atoms. The number of Topliss-reactive ketones (excluding diaryl/α,β-unsaturated/α-hetero) is 1. The van der Waals surface area contributed by atoms with E-state index in [4.69, 9.17) is 4.99 Å². The maximum atomic E-state index is 14.9. The highest BCUT2D eigenvalue weighted by Crippen LogP contribution is 2.26. The molecule has 0 saturated heterocycles. The Balaban J connectivity index is 1.77. The topological polar surface area (TPSA) is 78.8 Å². The quantitative estimate of drug-likeness (QED) is 0.485. The highest BCUT2D eigenvalue weighted by atomic mass is 19.1. The third-order valence-electron chi connectivity index (χ3n) is 6.47. The number of rotatable bonds is 10. The van der Waals surface area contributed by atoms with Crippen molar-refractivity contribution in [3.8, 4) is 0 Å². The number of amides is 1. The summed E-state index contributed by atoms with van der Waals surface area (Å²) in [5.41, 5.74) is 2.00. The molecule has 1 aliphatic heterocycles. The maximum absolute atomic E-state index is 14.9. The van der Waals surface area contributed by atoms with Crippen LogP contribution >= 0.6 is 0 Å². The molecule has 1 atom stereocenters. The molecule has 182 valence electrons. The third kappa shape index (κ3) is 5.88. The molecule has 1 unspecified atom stereocenters. The van der Waals surface area contributed by atoms with Gasteiger partial charge in [-0.2, -0.15) is 0 Å². The lowest BCUT2D eigenvalue weighted by Gasteiger charge is -2.23. The molecule has 0 aromatic heterocycles. The summed E-state index contributed by atoms with van der Waals surface area (Å²) in [6, 6.07) is 4.21. The number of benzene rings is 1. The largest absolute Gasteiger partial charge is 0.347 e. The molecule has 1 amide bonds. The summed E-state index contributed by atoms with van der Waals surface area (Å²) < 4.78 is 14.9. The molecule has 1 N–H and O–H groups in total. The fraction of sp³-hybridized carbons (Fsp3) is 0.481. The molecule has 1 aromatic carbocycles. The van der Waals surface area contributed by atoms with E-state index in [1.165, 1.54) is 12.1 Å². The molecule has 1 aliphatic carbocycles. The third-order valence-corrected chi connectivity index (χ3v) is 6.47. The smallest absolute Gasteiger partial charge is 0.227 e. The van der Waals surface area contributed by atoms with E-state index in [1.54, 1.807) is 12.1 Å². The Morgan fingerprint density at radius 1 is 1.24 bits per heavy atom. The second-order valence-electron chi connectivity index (χ2n) is 9.01. The normalized spacial score (nSPS) is 18.1. The van der Waals surface area contributed by atoms with Crippen molar-refractivity contribution in [2.24, 2.45) is 10.9 Å². The molecular formula is C27H34FN3O3. The van der Waals surface area contributed by atoms with Crippen LogP contribution in [0.4, 0.5) is 10.1 Å². The minimum atomic E-state index is -0.668. The van der Waals surface area contributed by atoms with Crippen molar-refractivity contribution in [2.45, 2.75) is 65.8 Å². The molecule has 2 aliphatic rings. The molecule has 1 heterocycles. The number of hydrogen-bond acceptors (Lipinski definition) is 5. The van der Waals surface area contributed by atoms with Crippen molar-refractivity contribution >= 4 is 29.0 Å². The van der Waals surface area contributed by atoms with E-state index in [0.717, 1.165) is 24.0 Å². The minimum Gasteiger partial charge on any atom is -0.347 e. The number of carbonyl (C=O) groups is 3. The van der Waals surface area contributed by atoms with E-state index in [9.17, 15) is 18.8 Å². The summed E-state index contributed by atoms with van der Waals surface area (Å²) in [6.45, 7) is 8.41. The van der Waals surface area contributed by atoms with Gasteiger partial charge in [-0.15, -0.1) is 0 Å². The van der Waals surface area contributed by atoms with Gasteiger partial charge < -0.3 is 10.2 Å². The number of allylic oxidation sites excluding steroid dienone is 2. The number of aliphatic imine (C=N–C) groups is 1. The first-order valence-electron chi connectivity index (χ1n) is 12.2. The summed E-state index contributed by atoms with van der Waals surface area (Å²) in [5.74, 6) is -0.689. The van der Waals surface area contributed by atoms with Crippen LogP contribution in [0.3, 0.4) is 0 Å². The zero-order chi connectivity index (χ0) is 24.8. The Bertz CT molecular complexity index is 1050. The van der Waals surface area contributed by atoms with Crippen molar-refractivity contribution in [1.82, 2.24) is 4.90 Å². The lowest BCUT2D eigenvalue weighted by atomic mass is 9.97. The maximum Gasteiger partial charge on any atom is 0.227 e. The highest BCUT2D eigenvalue weighted by molar-refractivity contribution is 6.11. The molecule has 3 rings (SSSR count). The van der Waals surface area contributed by atoms with E-state index in [2.05, 4.69) is 12.2 Å². The number of carbonyl (C=O) groups excluding carboxylic acids is 3. The fourth-order valence-corrected chi connectivity index (χ4v) is 4.42. The van der Waals surface area contributed by atoms with E-state index >= 15 is 0 Å². The predicted molar refractivity (Wildman–Crippen MR) is 133 cm³/mol. The number of amidine groups is 1. The average Bonchev–Trinajstić information content (AvgIpc) is 3.18. The number of ketones is 2. The number of halogens is 1. The van der Waals surface area contributed by atoms with Crippen LogP contribution in [0.1, 0.15) is 70.2 Å². The fourth-order valence-electron chi connectivity index (χ4n) is 4.42. The van der Waals surface area contributed by atoms with Crippen LogP contribution < -0.4 is 5.32 Å². The summed E-state index contributed by atoms with van der Waals surface area (Å²) in [6.07, 6.45) is 7.07. The molecule has 0 saturated carbocycles. The standard InChI is InChI=1S/C27H34FN3O3/c1-5-8-20-15-31(26(29-20)23-14-21(32)11-9-17(23)4)16-25(33)22-12-10-19(13-24(22)28)30-27(34)18(6-2)7-3/h9-10,12-14,18,20H,5-8,11,15-16H2,1-4H3,(H,30,34). The van der Waals surface area contributed by atoms with Gasteiger partial charge in [0.1, 0.15) is 11.7 Å². The van der Waals surface area contributed by atoms with Gasteiger partial charge in [-0.05, 0) is 56.0 Å². The van der Waals surface area contributed by atoms with Crippen LogP contribution in [0.5, 0.6) is 0 Å². The molecule has 34 heavy (non-hydrogen) atoms. The minimum absolute atomic E-state index is 0.00517. The van der Waals surface area contributed by atoms with Crippen LogP contribution in [0.2, 0.25) is 0 Å². The molecule has 6 nitrogen and oxygen atoms in total. The van der Waals surface area contributed by atoms with Crippen molar-refractivity contribution < 1.29 is 18.8 Å². The Morgan fingerprint density at radius 2 is 1.97 bits per heavy atom. The van der Waals surface area contributed by atoms with Crippen LogP contribution in [0, 0.1) is 11.7 Å². The van der Waals surface area contributed by atoms with Crippen LogP contribution in [-0.2, 0) is 9.59 Å². The molecular weight excluding hydrogens is 433 g/mol. The first-order valence-corrected chi connectivity index (χ1v) is 12.2. The Labute approximate surface area is 201 Å². The van der Waals surface area contributed by atoms with E-state index < -0.39 is 5.82 Å². The highest BCUT2D eigenvalue weighted by Gasteiger charge is 2.31. The van der Waals surface area contributed by atoms with Gasteiger partial charge >= 0.3 is 0 Å². The van der Waals surface area contributed by atoms with E-state index in [-0.39, 0.29) is 41.5 Å². The zero-order valence-electron chi connectivity index (χ0n) is 20.5. The lowest BCUT2D eigenvalue weighted by molar-refractivity contribution is -0.120. The second kappa shape index (κ2) is 11.4. The summed E-state index contributed by atoms with van der Waals surface area (Å²) in [4.78, 5) is 44.1. The monoisotopic (exact) mass is 467 g/mol. The van der Waals surface area contributed by atoms with Gasteiger partial charge in [0.25, 0.3) is 0 Å². The number of hydrogen-bond donors (Lipinski definition) is 1. The molecule has 0 radical (unpaired) electrons. The SMILES string of the molecule is CCCC1CN(CC(=O)c2ccc(NC(=O)C(CC)CC)cc2F)C(C2=CC(=O)CC=C2C)=N1. The molecule has 7 heteroatoms. The lowest BCUT2D eigenvalue weighted by Crippen LogP contribution is -2.36. The van der Waals surface area contributed by atoms with Gasteiger partial charge in [0.2, 0.25) is 5.91 Å². The van der Waals surface area contributed by atoms with Gasteiger partial charge in [-0.25, -0.2) is 4.39 Å². The van der Waals surface area contributed by atoms with Gasteiger partial charge in [0.05, 0.1) is 18.2 Å². The summed E-state index contributed by atoms with van der Waals surface area (Å²) >= 11 is 0. The molecule has 1 aromatic rings. The predicted octanol–water partition coefficient (Wildman–Crippen LogP) is 5.11. The Morgan fingerprint density at radius 3 is 2.62 bits per heavy atom. The van der Waals surface area contributed by atoms with Gasteiger partial charge in [0, 0.05) is 30.1 Å². The van der Waals surface area contributed by atoms with E-state index in [1.807, 2.05) is 31.7 Å². The van der Waals surface area contributed by atoms with Crippen LogP contribution in [-0.4, -0.2) is 47.3 Å². The van der Waals surface area contributed by atoms with Gasteiger partial charge in [-0.1, -0.05) is 33.3 Å². The van der Waals surface area contributed by atoms with Crippen molar-refractivity contribution in [3.63, 3.8) is 0 Å². The van der Waals surface area contributed by atoms with Crippen molar-refractivity contribution in [1.29, 1.82) is 0 Å². The number of nitrogens with zero attached hydrogens (tertiary/aromatic N) is 2. The second-order valence-corrected chi connectivity index (χ2v) is 9.01. The van der Waals surface area contributed by atoms with Crippen molar-refractivity contribution in [3.05, 3.63) is 52.9 Å². The Kier molecular flexibility index (Phi) is 8.53. The van der Waals surface area contributed by atoms with Gasteiger partial charge in [0.15, 0.2) is 11.6 Å².